The van der Waals surface area contributed by atoms with Gasteiger partial charge in [-0.05, 0) is 18.4 Å². The van der Waals surface area contributed by atoms with E-state index in [2.05, 4.69) is 32.5 Å². The van der Waals surface area contributed by atoms with Gasteiger partial charge in [0.15, 0.2) is 0 Å². The Bertz CT molecular complexity index is 423. The number of aliphatic hydroxyl groups excluding tert-OH is 1. The van der Waals surface area contributed by atoms with Crippen LogP contribution in [0, 0.1) is 0 Å². The van der Waals surface area contributed by atoms with Crippen molar-refractivity contribution in [3.05, 3.63) is 27.9 Å². The molecule has 0 fully saturated rings. The first-order chi connectivity index (χ1) is 7.75. The van der Waals surface area contributed by atoms with Gasteiger partial charge in [0, 0.05) is 29.4 Å². The van der Waals surface area contributed by atoms with Gasteiger partial charge in [0.25, 0.3) is 0 Å². The van der Waals surface area contributed by atoms with Crippen LogP contribution in [0.15, 0.2) is 22.2 Å². The van der Waals surface area contributed by atoms with E-state index in [1.807, 2.05) is 0 Å². The highest BCUT2D eigenvalue weighted by atomic mass is 32.1. The molecule has 2 aromatic heterocycles. The summed E-state index contributed by atoms with van der Waals surface area (Å²) in [5.74, 6) is 0. The van der Waals surface area contributed by atoms with E-state index in [0.717, 1.165) is 10.7 Å². The molecule has 2 N–H and O–H groups in total. The van der Waals surface area contributed by atoms with Gasteiger partial charge in [-0.15, -0.1) is 11.3 Å². The molecule has 5 heteroatoms. The van der Waals surface area contributed by atoms with Crippen molar-refractivity contribution in [3.8, 4) is 10.6 Å². The molecule has 0 saturated heterocycles. The topological polar surface area (TPSA) is 45.1 Å². The third kappa shape index (κ3) is 3.12. The third-order valence-electron chi connectivity index (χ3n) is 2.07. The smallest absolute Gasteiger partial charge is 0.124 e. The highest BCUT2D eigenvalue weighted by Crippen LogP contribution is 2.25. The summed E-state index contributed by atoms with van der Waals surface area (Å²) in [5.41, 5.74) is 2.23. The molecule has 3 nitrogen and oxygen atoms in total. The van der Waals surface area contributed by atoms with Crippen molar-refractivity contribution in [2.24, 2.45) is 0 Å². The fraction of sp³-hybridized carbons (Fsp3) is 0.364. The second-order valence-electron chi connectivity index (χ2n) is 3.64. The largest absolute Gasteiger partial charge is 0.392 e. The van der Waals surface area contributed by atoms with Crippen LogP contribution in [0.25, 0.3) is 10.6 Å². The molecule has 0 aliphatic heterocycles. The van der Waals surface area contributed by atoms with Gasteiger partial charge in [-0.25, -0.2) is 4.98 Å². The summed E-state index contributed by atoms with van der Waals surface area (Å²) in [6.07, 6.45) is -0.310. The molecular weight excluding hydrogens is 240 g/mol. The molecule has 1 atom stereocenters. The van der Waals surface area contributed by atoms with Crippen LogP contribution in [0.5, 0.6) is 0 Å². The highest BCUT2D eigenvalue weighted by Gasteiger charge is 2.04. The molecule has 2 rings (SSSR count). The molecule has 0 aliphatic rings. The normalized spacial score (nSPS) is 12.9. The molecule has 0 aliphatic carbocycles. The molecule has 2 heterocycles. The van der Waals surface area contributed by atoms with E-state index >= 15 is 0 Å². The van der Waals surface area contributed by atoms with Gasteiger partial charge in [0.05, 0.1) is 11.8 Å². The average Bonchev–Trinajstić information content (AvgIpc) is 2.85. The van der Waals surface area contributed by atoms with Gasteiger partial charge in [0.2, 0.25) is 0 Å². The second-order valence-corrected chi connectivity index (χ2v) is 5.27. The molecule has 0 bridgehead atoms. The maximum Gasteiger partial charge on any atom is 0.124 e. The number of nitrogens with zero attached hydrogens (tertiary/aromatic N) is 1. The predicted octanol–water partition coefficient (Wildman–Crippen LogP) is 2.34. The van der Waals surface area contributed by atoms with E-state index in [0.29, 0.717) is 13.1 Å². The van der Waals surface area contributed by atoms with Crippen molar-refractivity contribution in [3.63, 3.8) is 0 Å². The number of nitrogens with one attached hydrogen (secondary N) is 1. The van der Waals surface area contributed by atoms with Crippen LogP contribution in [-0.2, 0) is 6.54 Å². The number of aliphatic hydroxyl groups is 1. The number of thiophene rings is 1. The standard InChI is InChI=1S/C11H14N2OS2/c1-8(14)4-12-5-10-7-16-11(13-10)9-2-3-15-6-9/h2-3,6-8,12,14H,4-5H2,1H3/t8-/m1/s1. The van der Waals surface area contributed by atoms with Crippen LogP contribution in [0.3, 0.4) is 0 Å². The predicted molar refractivity (Wildman–Crippen MR) is 68.8 cm³/mol. The minimum Gasteiger partial charge on any atom is -0.392 e. The van der Waals surface area contributed by atoms with Crippen molar-refractivity contribution in [1.29, 1.82) is 0 Å². The summed E-state index contributed by atoms with van der Waals surface area (Å²) < 4.78 is 0. The summed E-state index contributed by atoms with van der Waals surface area (Å²) in [4.78, 5) is 4.53. The van der Waals surface area contributed by atoms with Gasteiger partial charge in [-0.3, -0.25) is 0 Å². The Labute approximate surface area is 103 Å². The van der Waals surface area contributed by atoms with Crippen LogP contribution >= 0.6 is 22.7 Å². The number of hydrogen-bond donors (Lipinski definition) is 2. The molecule has 0 unspecified atom stereocenters. The lowest BCUT2D eigenvalue weighted by atomic mass is 10.3. The summed E-state index contributed by atoms with van der Waals surface area (Å²) in [6.45, 7) is 3.09. The fourth-order valence-electron chi connectivity index (χ4n) is 1.32. The van der Waals surface area contributed by atoms with Crippen LogP contribution in [0.2, 0.25) is 0 Å². The van der Waals surface area contributed by atoms with Crippen LogP contribution < -0.4 is 5.32 Å². The molecule has 0 spiro atoms. The van der Waals surface area contributed by atoms with Crippen LogP contribution in [-0.4, -0.2) is 22.7 Å². The minimum absolute atomic E-state index is 0.310. The Morgan fingerprint density at radius 3 is 3.06 bits per heavy atom. The SMILES string of the molecule is C[C@@H](O)CNCc1csc(-c2ccsc2)n1. The molecule has 0 saturated carbocycles. The molecular formula is C11H14N2OS2. The quantitative estimate of drug-likeness (QED) is 0.861. The highest BCUT2D eigenvalue weighted by molar-refractivity contribution is 7.14. The fourth-order valence-corrected chi connectivity index (χ4v) is 2.85. The Kier molecular flexibility index (Phi) is 4.06. The number of thiazole rings is 1. The minimum atomic E-state index is -0.310. The average molecular weight is 254 g/mol. The van der Waals surface area contributed by atoms with Crippen LogP contribution in [0.4, 0.5) is 0 Å². The zero-order chi connectivity index (χ0) is 11.4. The van der Waals surface area contributed by atoms with E-state index in [1.165, 1.54) is 5.56 Å². The van der Waals surface area contributed by atoms with Gasteiger partial charge in [0.1, 0.15) is 5.01 Å². The number of rotatable bonds is 5. The number of hydrogen-bond acceptors (Lipinski definition) is 5. The Balaban J connectivity index is 1.93. The van der Waals surface area contributed by atoms with Crippen molar-refractivity contribution in [1.82, 2.24) is 10.3 Å². The zero-order valence-corrected chi connectivity index (χ0v) is 10.6. The van der Waals surface area contributed by atoms with Crippen molar-refractivity contribution >= 4 is 22.7 Å². The lowest BCUT2D eigenvalue weighted by Gasteiger charge is -2.04. The lowest BCUT2D eigenvalue weighted by Crippen LogP contribution is -2.23. The van der Waals surface area contributed by atoms with E-state index in [-0.39, 0.29) is 6.10 Å². The Hall–Kier alpha value is -0.750. The van der Waals surface area contributed by atoms with Crippen LogP contribution in [0.1, 0.15) is 12.6 Å². The van der Waals surface area contributed by atoms with Crippen molar-refractivity contribution in [2.45, 2.75) is 19.6 Å². The summed E-state index contributed by atoms with van der Waals surface area (Å²) in [6, 6.07) is 2.08. The first-order valence-corrected chi connectivity index (χ1v) is 6.93. The molecule has 0 amide bonds. The van der Waals surface area contributed by atoms with E-state index in [1.54, 1.807) is 29.6 Å². The molecule has 0 radical (unpaired) electrons. The van der Waals surface area contributed by atoms with Crippen molar-refractivity contribution < 1.29 is 5.11 Å². The maximum absolute atomic E-state index is 9.11. The van der Waals surface area contributed by atoms with E-state index in [9.17, 15) is 0 Å². The van der Waals surface area contributed by atoms with Gasteiger partial charge in [-0.2, -0.15) is 11.3 Å². The van der Waals surface area contributed by atoms with Gasteiger partial charge >= 0.3 is 0 Å². The Morgan fingerprint density at radius 2 is 2.38 bits per heavy atom. The van der Waals surface area contributed by atoms with Gasteiger partial charge in [-0.1, -0.05) is 0 Å². The molecule has 86 valence electrons. The molecule has 16 heavy (non-hydrogen) atoms. The molecule has 0 aromatic carbocycles. The van der Waals surface area contributed by atoms with Gasteiger partial charge < -0.3 is 10.4 Å². The Morgan fingerprint density at radius 1 is 1.50 bits per heavy atom. The van der Waals surface area contributed by atoms with E-state index in [4.69, 9.17) is 5.11 Å². The monoisotopic (exact) mass is 254 g/mol. The van der Waals surface area contributed by atoms with E-state index < -0.39 is 0 Å². The van der Waals surface area contributed by atoms with Crippen molar-refractivity contribution in [2.75, 3.05) is 6.54 Å². The zero-order valence-electron chi connectivity index (χ0n) is 9.01. The first kappa shape index (κ1) is 11.7. The summed E-state index contributed by atoms with van der Waals surface area (Å²) in [7, 11) is 0. The second kappa shape index (κ2) is 5.54. The maximum atomic E-state index is 9.11. The summed E-state index contributed by atoms with van der Waals surface area (Å²) in [5, 5.41) is 19.5. The summed E-state index contributed by atoms with van der Waals surface area (Å²) >= 11 is 3.34. The molecule has 2 aromatic rings. The third-order valence-corrected chi connectivity index (χ3v) is 3.69. The number of aromatic nitrogens is 1. The lowest BCUT2D eigenvalue weighted by molar-refractivity contribution is 0.191. The first-order valence-electron chi connectivity index (χ1n) is 5.11.